The first-order valence-electron chi connectivity index (χ1n) is 7.08. The van der Waals surface area contributed by atoms with Crippen LogP contribution in [0.2, 0.25) is 0 Å². The van der Waals surface area contributed by atoms with Crippen LogP contribution in [-0.4, -0.2) is 20.5 Å². The number of aryl methyl sites for hydroxylation is 1. The van der Waals surface area contributed by atoms with E-state index in [1.54, 1.807) is 25.1 Å². The molecule has 6 nitrogen and oxygen atoms in total. The monoisotopic (exact) mass is 348 g/mol. The molecule has 1 N–H and O–H groups in total. The Labute approximate surface area is 139 Å². The molecule has 0 radical (unpaired) electrons. The summed E-state index contributed by atoms with van der Waals surface area (Å²) in [6.07, 6.45) is -4.50. The second-order valence-electron chi connectivity index (χ2n) is 5.20. The lowest BCUT2D eigenvalue weighted by atomic mass is 10.2. The highest BCUT2D eigenvalue weighted by molar-refractivity contribution is 5.91. The Hall–Kier alpha value is -3.23. The number of nitrogens with zero attached hydrogens (tertiary/aromatic N) is 4. The molecule has 3 rings (SSSR count). The lowest BCUT2D eigenvalue weighted by molar-refractivity contribution is -0.137. The summed E-state index contributed by atoms with van der Waals surface area (Å²) in [5.41, 5.74) is -0.220. The normalized spacial score (nSPS) is 12.2. The molecule has 0 spiro atoms. The summed E-state index contributed by atoms with van der Waals surface area (Å²) in [6.45, 7) is 1.73. The van der Waals surface area contributed by atoms with E-state index in [0.29, 0.717) is 11.3 Å². The number of fused-ring (bicyclic) bond motifs is 1. The number of aromatic carboxylic acids is 1. The summed E-state index contributed by atoms with van der Waals surface area (Å²) in [7, 11) is 0. The fourth-order valence-electron chi connectivity index (χ4n) is 2.32. The predicted molar refractivity (Wildman–Crippen MR) is 82.5 cm³/mol. The van der Waals surface area contributed by atoms with Crippen LogP contribution in [0.3, 0.4) is 0 Å². The van der Waals surface area contributed by atoms with E-state index in [1.165, 1.54) is 16.5 Å². The maximum absolute atomic E-state index is 12.7. The Bertz CT molecular complexity index is 993. The van der Waals surface area contributed by atoms with Gasteiger partial charge in [0.15, 0.2) is 11.5 Å². The topological polar surface area (TPSA) is 79.3 Å². The summed E-state index contributed by atoms with van der Waals surface area (Å²) < 4.78 is 39.7. The van der Waals surface area contributed by atoms with Crippen molar-refractivity contribution in [3.63, 3.8) is 0 Å². The van der Waals surface area contributed by atoms with Gasteiger partial charge >= 0.3 is 12.1 Å². The predicted octanol–water partition coefficient (Wildman–Crippen LogP) is 4.78. The van der Waals surface area contributed by atoms with Crippen LogP contribution in [0.1, 0.15) is 21.7 Å². The number of benzene rings is 1. The zero-order valence-electron chi connectivity index (χ0n) is 12.8. The van der Waals surface area contributed by atoms with Crippen LogP contribution in [0.15, 0.2) is 52.7 Å². The zero-order valence-corrected chi connectivity index (χ0v) is 12.8. The number of carboxylic acids is 1. The molecule has 2 heterocycles. The van der Waals surface area contributed by atoms with E-state index in [1.807, 2.05) is 0 Å². The third-order valence-electron chi connectivity index (χ3n) is 3.45. The molecule has 0 unspecified atom stereocenters. The standard InChI is InChI=1S/C16H11F3N4O2/c1-9-4-2-7-12-20-13(15(24)25)14(23(9)12)22-21-11-6-3-5-10(8-11)16(17,18)19/h2-8H,1H3,(H,24,25). The van der Waals surface area contributed by atoms with Crippen molar-refractivity contribution in [3.8, 4) is 0 Å². The minimum Gasteiger partial charge on any atom is -0.476 e. The number of rotatable bonds is 3. The first-order valence-corrected chi connectivity index (χ1v) is 7.08. The van der Waals surface area contributed by atoms with E-state index < -0.39 is 17.7 Å². The first kappa shape index (κ1) is 16.6. The number of azo groups is 1. The smallest absolute Gasteiger partial charge is 0.416 e. The van der Waals surface area contributed by atoms with Gasteiger partial charge in [0.25, 0.3) is 0 Å². The van der Waals surface area contributed by atoms with E-state index in [4.69, 9.17) is 0 Å². The number of aromatic nitrogens is 2. The molecule has 128 valence electrons. The highest BCUT2D eigenvalue weighted by Gasteiger charge is 2.30. The molecule has 2 aromatic heterocycles. The van der Waals surface area contributed by atoms with Crippen molar-refractivity contribution in [1.29, 1.82) is 0 Å². The van der Waals surface area contributed by atoms with E-state index >= 15 is 0 Å². The second kappa shape index (κ2) is 6.00. The van der Waals surface area contributed by atoms with Gasteiger partial charge in [0.2, 0.25) is 0 Å². The van der Waals surface area contributed by atoms with Gasteiger partial charge in [-0.2, -0.15) is 13.2 Å². The Morgan fingerprint density at radius 2 is 1.88 bits per heavy atom. The van der Waals surface area contributed by atoms with Crippen LogP contribution >= 0.6 is 0 Å². The number of carboxylic acid groups (broad SMARTS) is 1. The van der Waals surface area contributed by atoms with Gasteiger partial charge in [-0.15, -0.1) is 10.2 Å². The molecule has 0 atom stereocenters. The Morgan fingerprint density at radius 1 is 1.16 bits per heavy atom. The van der Waals surface area contributed by atoms with Crippen molar-refractivity contribution >= 4 is 23.1 Å². The average Bonchev–Trinajstić information content (AvgIpc) is 2.93. The highest BCUT2D eigenvalue weighted by atomic mass is 19.4. The summed E-state index contributed by atoms with van der Waals surface area (Å²) in [5.74, 6) is -1.36. The lowest BCUT2D eigenvalue weighted by Gasteiger charge is -2.06. The lowest BCUT2D eigenvalue weighted by Crippen LogP contribution is -2.03. The van der Waals surface area contributed by atoms with Crippen molar-refractivity contribution in [3.05, 3.63) is 59.4 Å². The van der Waals surface area contributed by atoms with Gasteiger partial charge in [-0.05, 0) is 37.3 Å². The summed E-state index contributed by atoms with van der Waals surface area (Å²) >= 11 is 0. The maximum atomic E-state index is 12.7. The molecule has 1 aromatic carbocycles. The van der Waals surface area contributed by atoms with Crippen LogP contribution in [0.5, 0.6) is 0 Å². The van der Waals surface area contributed by atoms with Gasteiger partial charge in [-0.25, -0.2) is 9.78 Å². The molecule has 0 aliphatic carbocycles. The highest BCUT2D eigenvalue weighted by Crippen LogP contribution is 2.32. The molecule has 3 aromatic rings. The number of carbonyl (C=O) groups is 1. The molecular weight excluding hydrogens is 337 g/mol. The van der Waals surface area contributed by atoms with Crippen molar-refractivity contribution in [2.24, 2.45) is 10.2 Å². The second-order valence-corrected chi connectivity index (χ2v) is 5.20. The number of hydrogen-bond acceptors (Lipinski definition) is 4. The first-order chi connectivity index (χ1) is 11.8. The van der Waals surface area contributed by atoms with E-state index in [-0.39, 0.29) is 17.2 Å². The Morgan fingerprint density at radius 3 is 2.56 bits per heavy atom. The number of alkyl halides is 3. The van der Waals surface area contributed by atoms with E-state index in [2.05, 4.69) is 15.2 Å². The number of hydrogen-bond donors (Lipinski definition) is 1. The minimum atomic E-state index is -4.50. The maximum Gasteiger partial charge on any atom is 0.416 e. The Balaban J connectivity index is 2.10. The van der Waals surface area contributed by atoms with Crippen LogP contribution in [0.25, 0.3) is 5.65 Å². The van der Waals surface area contributed by atoms with Gasteiger partial charge in [0, 0.05) is 5.69 Å². The van der Waals surface area contributed by atoms with Gasteiger partial charge in [-0.3, -0.25) is 4.40 Å². The van der Waals surface area contributed by atoms with Crippen LogP contribution in [0, 0.1) is 6.92 Å². The average molecular weight is 348 g/mol. The number of pyridine rings is 1. The van der Waals surface area contributed by atoms with Crippen LogP contribution in [0.4, 0.5) is 24.7 Å². The molecule has 0 saturated carbocycles. The molecule has 0 fully saturated rings. The zero-order chi connectivity index (χ0) is 18.2. The summed E-state index contributed by atoms with van der Waals surface area (Å²) in [5, 5.41) is 16.9. The van der Waals surface area contributed by atoms with Crippen LogP contribution < -0.4 is 0 Å². The third kappa shape index (κ3) is 3.21. The van der Waals surface area contributed by atoms with Crippen molar-refractivity contribution in [2.75, 3.05) is 0 Å². The van der Waals surface area contributed by atoms with Crippen LogP contribution in [-0.2, 0) is 6.18 Å². The van der Waals surface area contributed by atoms with Crippen molar-refractivity contribution < 1.29 is 23.1 Å². The third-order valence-corrected chi connectivity index (χ3v) is 3.45. The summed E-state index contributed by atoms with van der Waals surface area (Å²) in [6, 6.07) is 9.33. The molecule has 0 saturated heterocycles. The molecule has 0 aliphatic rings. The SMILES string of the molecule is Cc1cccc2nc(C(=O)O)c(N=Nc3cccc(C(F)(F)F)c3)n12. The molecule has 9 heteroatoms. The molecule has 0 bridgehead atoms. The Kier molecular flexibility index (Phi) is 3.99. The fourth-order valence-corrected chi connectivity index (χ4v) is 2.32. The molecule has 0 aliphatic heterocycles. The number of halogens is 3. The van der Waals surface area contributed by atoms with E-state index in [9.17, 15) is 23.1 Å². The molecule has 25 heavy (non-hydrogen) atoms. The summed E-state index contributed by atoms with van der Waals surface area (Å²) in [4.78, 5) is 15.3. The molecular formula is C16H11F3N4O2. The van der Waals surface area contributed by atoms with Gasteiger partial charge < -0.3 is 5.11 Å². The quantitative estimate of drug-likeness (QED) is 0.692. The van der Waals surface area contributed by atoms with Gasteiger partial charge in [0.05, 0.1) is 11.3 Å². The van der Waals surface area contributed by atoms with E-state index in [0.717, 1.165) is 12.1 Å². The van der Waals surface area contributed by atoms with Crippen molar-refractivity contribution in [1.82, 2.24) is 9.38 Å². The number of imidazole rings is 1. The van der Waals surface area contributed by atoms with Gasteiger partial charge in [-0.1, -0.05) is 12.1 Å². The van der Waals surface area contributed by atoms with Gasteiger partial charge in [0.1, 0.15) is 5.65 Å². The minimum absolute atomic E-state index is 0.0466. The molecule has 0 amide bonds. The largest absolute Gasteiger partial charge is 0.476 e. The fraction of sp³-hybridized carbons (Fsp3) is 0.125. The van der Waals surface area contributed by atoms with Crippen molar-refractivity contribution in [2.45, 2.75) is 13.1 Å².